The Morgan fingerprint density at radius 3 is 2.84 bits per heavy atom. The first-order chi connectivity index (χ1) is 9.29. The molecule has 0 atom stereocenters. The van der Waals surface area contributed by atoms with Crippen molar-refractivity contribution in [2.45, 2.75) is 13.0 Å². The molecule has 1 aliphatic heterocycles. The first kappa shape index (κ1) is 12.7. The lowest BCUT2D eigenvalue weighted by molar-refractivity contribution is 0.813. The maximum atomic E-state index is 3.59. The number of anilines is 2. The first-order valence-corrected chi connectivity index (χ1v) is 7.37. The molecule has 0 radical (unpaired) electrons. The normalized spacial score (nSPS) is 13.7. The van der Waals surface area contributed by atoms with Crippen molar-refractivity contribution in [3.63, 3.8) is 0 Å². The molecule has 3 rings (SSSR count). The van der Waals surface area contributed by atoms with E-state index in [4.69, 9.17) is 0 Å². The van der Waals surface area contributed by atoms with E-state index in [-0.39, 0.29) is 0 Å². The summed E-state index contributed by atoms with van der Waals surface area (Å²) < 4.78 is 1.13. The van der Waals surface area contributed by atoms with E-state index in [1.165, 1.54) is 22.5 Å². The van der Waals surface area contributed by atoms with Crippen molar-refractivity contribution < 1.29 is 0 Å². The number of hydrogen-bond donors (Lipinski definition) is 1. The summed E-state index contributed by atoms with van der Waals surface area (Å²) in [5.41, 5.74) is 5.42. The molecule has 0 saturated carbocycles. The van der Waals surface area contributed by atoms with Gasteiger partial charge in [0.25, 0.3) is 0 Å². The summed E-state index contributed by atoms with van der Waals surface area (Å²) in [4.78, 5) is 2.42. The lowest BCUT2D eigenvalue weighted by atomic mass is 10.1. The Kier molecular flexibility index (Phi) is 3.58. The van der Waals surface area contributed by atoms with Crippen molar-refractivity contribution >= 4 is 27.3 Å². The van der Waals surface area contributed by atoms with Gasteiger partial charge in [-0.15, -0.1) is 0 Å². The van der Waals surface area contributed by atoms with Crippen molar-refractivity contribution in [3.05, 3.63) is 58.1 Å². The Balaban J connectivity index is 2.05. The second-order valence-corrected chi connectivity index (χ2v) is 5.75. The van der Waals surface area contributed by atoms with Gasteiger partial charge < -0.3 is 10.2 Å². The zero-order valence-corrected chi connectivity index (χ0v) is 12.6. The van der Waals surface area contributed by atoms with Crippen LogP contribution in [0.2, 0.25) is 0 Å². The highest BCUT2D eigenvalue weighted by Gasteiger charge is 2.21. The summed E-state index contributed by atoms with van der Waals surface area (Å²) in [5.74, 6) is 0. The Bertz CT molecular complexity index is 595. The minimum Gasteiger partial charge on any atom is -0.341 e. The zero-order chi connectivity index (χ0) is 13.2. The maximum absolute atomic E-state index is 3.59. The molecule has 1 N–H and O–H groups in total. The average Bonchev–Trinajstić information content (AvgIpc) is 2.85. The number of hydrogen-bond acceptors (Lipinski definition) is 2. The van der Waals surface area contributed by atoms with Crippen LogP contribution >= 0.6 is 15.9 Å². The molecule has 0 aliphatic carbocycles. The number of benzene rings is 2. The molecule has 0 amide bonds. The van der Waals surface area contributed by atoms with E-state index in [0.29, 0.717) is 0 Å². The predicted molar refractivity (Wildman–Crippen MR) is 84.1 cm³/mol. The summed E-state index contributed by atoms with van der Waals surface area (Å²) >= 11 is 3.59. The fourth-order valence-corrected chi connectivity index (χ4v) is 3.07. The predicted octanol–water partition coefficient (Wildman–Crippen LogP) is 3.86. The molecule has 19 heavy (non-hydrogen) atoms. The van der Waals surface area contributed by atoms with Gasteiger partial charge in [-0.1, -0.05) is 40.2 Å². The first-order valence-electron chi connectivity index (χ1n) is 6.58. The molecular weight excluding hydrogens is 300 g/mol. The van der Waals surface area contributed by atoms with Gasteiger partial charge in [-0.3, -0.25) is 0 Å². The van der Waals surface area contributed by atoms with E-state index in [2.05, 4.69) is 68.6 Å². The molecule has 0 aromatic heterocycles. The number of fused-ring (bicyclic) bond motifs is 1. The van der Waals surface area contributed by atoms with Crippen LogP contribution in [0.3, 0.4) is 0 Å². The molecule has 0 unspecified atom stereocenters. The number of rotatable bonds is 3. The van der Waals surface area contributed by atoms with Gasteiger partial charge in [0.15, 0.2) is 0 Å². The van der Waals surface area contributed by atoms with Crippen molar-refractivity contribution in [2.75, 3.05) is 18.5 Å². The Labute approximate surface area is 122 Å². The van der Waals surface area contributed by atoms with Crippen LogP contribution in [0, 0.1) is 0 Å². The van der Waals surface area contributed by atoms with Crippen LogP contribution in [0.5, 0.6) is 0 Å². The van der Waals surface area contributed by atoms with E-state index in [0.717, 1.165) is 24.0 Å². The molecule has 3 heteroatoms. The monoisotopic (exact) mass is 316 g/mol. The van der Waals surface area contributed by atoms with Crippen LogP contribution in [0.4, 0.5) is 11.4 Å². The van der Waals surface area contributed by atoms with Crippen molar-refractivity contribution in [2.24, 2.45) is 0 Å². The molecule has 98 valence electrons. The minimum absolute atomic E-state index is 0.890. The van der Waals surface area contributed by atoms with Gasteiger partial charge in [0.05, 0.1) is 0 Å². The van der Waals surface area contributed by atoms with Crippen LogP contribution in [0.15, 0.2) is 46.9 Å². The SMILES string of the molecule is CNCc1ccc(Br)cc1N1CCc2ccccc21. The van der Waals surface area contributed by atoms with Gasteiger partial charge in [0, 0.05) is 28.9 Å². The van der Waals surface area contributed by atoms with Gasteiger partial charge in [0.1, 0.15) is 0 Å². The summed E-state index contributed by atoms with van der Waals surface area (Å²) in [6, 6.07) is 15.2. The van der Waals surface area contributed by atoms with E-state index in [1.54, 1.807) is 0 Å². The van der Waals surface area contributed by atoms with Crippen LogP contribution < -0.4 is 10.2 Å². The third-order valence-electron chi connectivity index (χ3n) is 3.59. The summed E-state index contributed by atoms with van der Waals surface area (Å²) in [6.45, 7) is 1.95. The lowest BCUT2D eigenvalue weighted by Gasteiger charge is -2.23. The van der Waals surface area contributed by atoms with Crippen molar-refractivity contribution in [1.29, 1.82) is 0 Å². The van der Waals surface area contributed by atoms with Crippen molar-refractivity contribution in [1.82, 2.24) is 5.32 Å². The summed E-state index contributed by atoms with van der Waals surface area (Å²) in [7, 11) is 1.99. The minimum atomic E-state index is 0.890. The third-order valence-corrected chi connectivity index (χ3v) is 4.09. The summed E-state index contributed by atoms with van der Waals surface area (Å²) in [6.07, 6.45) is 1.13. The zero-order valence-electron chi connectivity index (χ0n) is 11.0. The maximum Gasteiger partial charge on any atom is 0.0467 e. The molecule has 0 bridgehead atoms. The molecule has 2 aromatic carbocycles. The molecule has 0 fully saturated rings. The van der Waals surface area contributed by atoms with Gasteiger partial charge >= 0.3 is 0 Å². The fourth-order valence-electron chi connectivity index (χ4n) is 2.72. The number of para-hydroxylation sites is 1. The number of nitrogens with one attached hydrogen (secondary N) is 1. The van der Waals surface area contributed by atoms with Crippen LogP contribution in [-0.2, 0) is 13.0 Å². The lowest BCUT2D eigenvalue weighted by Crippen LogP contribution is -2.17. The quantitative estimate of drug-likeness (QED) is 0.925. The van der Waals surface area contributed by atoms with Crippen molar-refractivity contribution in [3.8, 4) is 0 Å². The highest BCUT2D eigenvalue weighted by molar-refractivity contribution is 9.10. The topological polar surface area (TPSA) is 15.3 Å². The molecule has 2 aromatic rings. The third kappa shape index (κ3) is 2.40. The van der Waals surface area contributed by atoms with E-state index in [1.807, 2.05) is 7.05 Å². The van der Waals surface area contributed by atoms with Crippen LogP contribution in [0.1, 0.15) is 11.1 Å². The fraction of sp³-hybridized carbons (Fsp3) is 0.250. The molecule has 1 aliphatic rings. The second-order valence-electron chi connectivity index (χ2n) is 4.83. The molecule has 0 spiro atoms. The molecular formula is C16H17BrN2. The van der Waals surface area contributed by atoms with Gasteiger partial charge in [0.2, 0.25) is 0 Å². The Morgan fingerprint density at radius 1 is 1.16 bits per heavy atom. The average molecular weight is 317 g/mol. The number of halogens is 1. The number of nitrogens with zero attached hydrogens (tertiary/aromatic N) is 1. The van der Waals surface area contributed by atoms with Crippen LogP contribution in [0.25, 0.3) is 0 Å². The van der Waals surface area contributed by atoms with E-state index >= 15 is 0 Å². The Hall–Kier alpha value is -1.32. The smallest absolute Gasteiger partial charge is 0.0467 e. The van der Waals surface area contributed by atoms with E-state index < -0.39 is 0 Å². The highest BCUT2D eigenvalue weighted by atomic mass is 79.9. The standard InChI is InChI=1S/C16H17BrN2/c1-18-11-13-6-7-14(17)10-16(13)19-9-8-12-4-2-3-5-15(12)19/h2-7,10,18H,8-9,11H2,1H3. The van der Waals surface area contributed by atoms with Gasteiger partial charge in [-0.2, -0.15) is 0 Å². The van der Waals surface area contributed by atoms with E-state index in [9.17, 15) is 0 Å². The summed E-state index contributed by atoms with van der Waals surface area (Å²) in [5, 5.41) is 3.25. The molecule has 1 heterocycles. The highest BCUT2D eigenvalue weighted by Crippen LogP contribution is 2.37. The molecule has 0 saturated heterocycles. The molecule has 2 nitrogen and oxygen atoms in total. The van der Waals surface area contributed by atoms with Gasteiger partial charge in [-0.25, -0.2) is 0 Å². The Morgan fingerprint density at radius 2 is 2.00 bits per heavy atom. The van der Waals surface area contributed by atoms with Gasteiger partial charge in [-0.05, 0) is 42.8 Å². The van der Waals surface area contributed by atoms with Crippen LogP contribution in [-0.4, -0.2) is 13.6 Å². The largest absolute Gasteiger partial charge is 0.341 e. The second kappa shape index (κ2) is 5.35.